The SMILES string of the molecule is CO[C@@H]1OC[C@@H](OC)[C@H](O[C@@H]2O[C@@H](C)[C@H](OC)[C@@H](OC)[C@H]2OC)[C@H]1O[C@@H]1O[C@@H](C)[C@H](O[C@@H]2OC[C@@H](OC)[C@H](O[C@@H]3OC[C@@H](OC)[C@H](OC)[C@H]3OC)[C@H]2OC)[C@@H](OC)[C@H]1OC. The summed E-state index contributed by atoms with van der Waals surface area (Å²) in [6.07, 6.45) is -15.6. The van der Waals surface area contributed by atoms with E-state index in [-0.39, 0.29) is 25.9 Å². The predicted octanol–water partition coefficient (Wildman–Crippen LogP) is -0.103. The van der Waals surface area contributed by atoms with Gasteiger partial charge in [0, 0.05) is 85.3 Å². The predicted molar refractivity (Wildman–Crippen MR) is 203 cm³/mol. The summed E-state index contributed by atoms with van der Waals surface area (Å²) in [7, 11) is 18.7. The summed E-state index contributed by atoms with van der Waals surface area (Å²) in [5.74, 6) is 0. The molecule has 0 spiro atoms. The van der Waals surface area contributed by atoms with Crippen LogP contribution in [0.5, 0.6) is 0 Å². The minimum absolute atomic E-state index is 0.107. The molecule has 0 aromatic carbocycles. The van der Waals surface area contributed by atoms with Crippen LogP contribution < -0.4 is 0 Å². The monoisotopic (exact) mass is 874 g/mol. The molecule has 5 saturated heterocycles. The molecule has 0 radical (unpaired) electrons. The summed E-state index contributed by atoms with van der Waals surface area (Å²) < 4.78 is 128. The van der Waals surface area contributed by atoms with Crippen LogP contribution in [0.25, 0.3) is 0 Å². The minimum Gasteiger partial charge on any atom is -0.376 e. The van der Waals surface area contributed by atoms with E-state index in [4.69, 9.17) is 99.5 Å². The molecule has 0 amide bonds. The summed E-state index contributed by atoms with van der Waals surface area (Å²) in [6, 6.07) is 0. The molecule has 0 N–H and O–H groups in total. The lowest BCUT2D eigenvalue weighted by Crippen LogP contribution is -2.66. The Morgan fingerprint density at radius 1 is 0.267 bits per heavy atom. The second kappa shape index (κ2) is 23.9. The van der Waals surface area contributed by atoms with Crippen molar-refractivity contribution in [3.63, 3.8) is 0 Å². The quantitative estimate of drug-likeness (QED) is 0.157. The van der Waals surface area contributed by atoms with E-state index in [9.17, 15) is 0 Å². The van der Waals surface area contributed by atoms with Gasteiger partial charge in [-0.3, -0.25) is 0 Å². The Labute approximate surface area is 353 Å². The smallest absolute Gasteiger partial charge is 0.187 e. The molecule has 0 bridgehead atoms. The fraction of sp³-hybridized carbons (Fsp3) is 1.00. The Morgan fingerprint density at radius 2 is 0.583 bits per heavy atom. The zero-order chi connectivity index (χ0) is 43.7. The maximum absolute atomic E-state index is 6.76. The molecule has 0 aromatic rings. The molecule has 22 atom stereocenters. The number of hydrogen-bond donors (Lipinski definition) is 0. The zero-order valence-corrected chi connectivity index (χ0v) is 37.4. The highest BCUT2D eigenvalue weighted by Gasteiger charge is 2.56. The molecule has 60 heavy (non-hydrogen) atoms. The van der Waals surface area contributed by atoms with Gasteiger partial charge < -0.3 is 99.5 Å². The second-order valence-corrected chi connectivity index (χ2v) is 15.1. The van der Waals surface area contributed by atoms with Crippen LogP contribution in [-0.4, -0.2) is 240 Å². The minimum atomic E-state index is -1.05. The average Bonchev–Trinajstić information content (AvgIpc) is 3.26. The van der Waals surface area contributed by atoms with E-state index in [0.717, 1.165) is 0 Å². The van der Waals surface area contributed by atoms with E-state index in [2.05, 4.69) is 0 Å². The lowest BCUT2D eigenvalue weighted by Gasteiger charge is -2.50. The van der Waals surface area contributed by atoms with Crippen LogP contribution in [0.4, 0.5) is 0 Å². The highest BCUT2D eigenvalue weighted by molar-refractivity contribution is 4.98. The lowest BCUT2D eigenvalue weighted by molar-refractivity contribution is -0.392. The molecule has 5 aliphatic rings. The van der Waals surface area contributed by atoms with E-state index in [0.29, 0.717) is 0 Å². The first-order chi connectivity index (χ1) is 29.1. The molecular weight excluding hydrogens is 804 g/mol. The molecule has 5 heterocycles. The number of ether oxygens (including phenoxy) is 21. The zero-order valence-electron chi connectivity index (χ0n) is 37.4. The molecule has 5 fully saturated rings. The van der Waals surface area contributed by atoms with Crippen LogP contribution in [0.2, 0.25) is 0 Å². The van der Waals surface area contributed by atoms with Gasteiger partial charge >= 0.3 is 0 Å². The van der Waals surface area contributed by atoms with Crippen LogP contribution in [0, 0.1) is 0 Å². The number of hydrogen-bond acceptors (Lipinski definition) is 21. The molecular formula is C39H70O21. The van der Waals surface area contributed by atoms with Crippen molar-refractivity contribution in [2.75, 3.05) is 105 Å². The summed E-state index contributed by atoms with van der Waals surface area (Å²) in [4.78, 5) is 0. The van der Waals surface area contributed by atoms with Crippen LogP contribution >= 0.6 is 0 Å². The Bertz CT molecular complexity index is 1220. The van der Waals surface area contributed by atoms with Gasteiger partial charge in [0.25, 0.3) is 0 Å². The standard InChI is InChI=1S/C39H70O21/c1-18-23(43-6)28(45-8)32(49-12)38(55-18)59-27-22(42-5)16-52-35(51-14)34(27)60-39-33(50-13)29(46-9)24(19(2)56-39)57-37-31(48-11)26(21(41-4)17-54-37)58-36-30(47-10)25(44-7)20(40-3)15-53-36/h18-39H,15-17H2,1-14H3/t18-,19-,20+,21+,22+,23-,24-,25-,26-,27-,28+,29+,30+,31+,32+,33+,34+,35+,36-,37-,38-,39-/m0/s1. The van der Waals surface area contributed by atoms with E-state index in [1.807, 2.05) is 13.8 Å². The third kappa shape index (κ3) is 10.6. The summed E-state index contributed by atoms with van der Waals surface area (Å²) in [5, 5.41) is 0. The Balaban J connectivity index is 1.35. The second-order valence-electron chi connectivity index (χ2n) is 15.1. The van der Waals surface area contributed by atoms with Crippen molar-refractivity contribution >= 4 is 0 Å². The van der Waals surface area contributed by atoms with Gasteiger partial charge in [0.2, 0.25) is 0 Å². The molecule has 0 aromatic heterocycles. The van der Waals surface area contributed by atoms with Gasteiger partial charge in [-0.15, -0.1) is 0 Å². The van der Waals surface area contributed by atoms with E-state index in [1.54, 1.807) is 64.0 Å². The summed E-state index contributed by atoms with van der Waals surface area (Å²) >= 11 is 0. The van der Waals surface area contributed by atoms with Crippen LogP contribution in [0.15, 0.2) is 0 Å². The Hall–Kier alpha value is -0.840. The molecule has 0 unspecified atom stereocenters. The van der Waals surface area contributed by atoms with Crippen molar-refractivity contribution in [3.05, 3.63) is 0 Å². The molecule has 21 heteroatoms. The van der Waals surface area contributed by atoms with Gasteiger partial charge in [-0.1, -0.05) is 0 Å². The molecule has 0 aliphatic carbocycles. The maximum atomic E-state index is 6.76. The third-order valence-electron chi connectivity index (χ3n) is 12.1. The lowest BCUT2D eigenvalue weighted by atomic mass is 9.97. The van der Waals surface area contributed by atoms with Crippen molar-refractivity contribution in [1.29, 1.82) is 0 Å². The van der Waals surface area contributed by atoms with Crippen molar-refractivity contribution in [2.45, 2.75) is 149 Å². The van der Waals surface area contributed by atoms with Crippen LogP contribution in [0.1, 0.15) is 13.8 Å². The fourth-order valence-electron chi connectivity index (χ4n) is 8.86. The largest absolute Gasteiger partial charge is 0.376 e. The van der Waals surface area contributed by atoms with Crippen LogP contribution in [0.3, 0.4) is 0 Å². The first-order valence-corrected chi connectivity index (χ1v) is 20.2. The van der Waals surface area contributed by atoms with Crippen molar-refractivity contribution < 1.29 is 99.5 Å². The molecule has 0 saturated carbocycles. The van der Waals surface area contributed by atoms with Gasteiger partial charge in [-0.25, -0.2) is 0 Å². The molecule has 5 aliphatic heterocycles. The van der Waals surface area contributed by atoms with E-state index >= 15 is 0 Å². The van der Waals surface area contributed by atoms with Gasteiger partial charge in [0.05, 0.1) is 32.0 Å². The fourth-order valence-corrected chi connectivity index (χ4v) is 8.86. The number of rotatable bonds is 20. The summed E-state index contributed by atoms with van der Waals surface area (Å²) in [6.45, 7) is 4.17. The third-order valence-corrected chi connectivity index (χ3v) is 12.1. The van der Waals surface area contributed by atoms with Gasteiger partial charge in [0.1, 0.15) is 91.6 Å². The summed E-state index contributed by atoms with van der Waals surface area (Å²) in [5.41, 5.74) is 0. The van der Waals surface area contributed by atoms with Crippen LogP contribution in [-0.2, 0) is 99.5 Å². The van der Waals surface area contributed by atoms with E-state index < -0.39 is 129 Å². The average molecular weight is 875 g/mol. The molecule has 5 rings (SSSR count). The normalized spacial score (nSPS) is 46.7. The van der Waals surface area contributed by atoms with Gasteiger partial charge in [-0.05, 0) is 13.8 Å². The highest BCUT2D eigenvalue weighted by atomic mass is 16.8. The number of methoxy groups -OCH3 is 12. The maximum Gasteiger partial charge on any atom is 0.187 e. The molecule has 21 nitrogen and oxygen atoms in total. The van der Waals surface area contributed by atoms with Crippen molar-refractivity contribution in [1.82, 2.24) is 0 Å². The van der Waals surface area contributed by atoms with Gasteiger partial charge in [-0.2, -0.15) is 0 Å². The first-order valence-electron chi connectivity index (χ1n) is 20.2. The Kier molecular flexibility index (Phi) is 20.0. The molecule has 352 valence electrons. The first kappa shape index (κ1) is 50.2. The highest BCUT2D eigenvalue weighted by Crippen LogP contribution is 2.37. The van der Waals surface area contributed by atoms with Gasteiger partial charge in [0.15, 0.2) is 31.5 Å². The Morgan fingerprint density at radius 3 is 1.02 bits per heavy atom. The van der Waals surface area contributed by atoms with Crippen molar-refractivity contribution in [3.8, 4) is 0 Å². The van der Waals surface area contributed by atoms with Crippen molar-refractivity contribution in [2.24, 2.45) is 0 Å². The van der Waals surface area contributed by atoms with E-state index in [1.165, 1.54) is 21.3 Å². The topological polar surface area (TPSA) is 194 Å².